The third-order valence-corrected chi connectivity index (χ3v) is 5.06. The zero-order chi connectivity index (χ0) is 15.2. The Morgan fingerprint density at radius 3 is 2.60 bits per heavy atom. The number of hydrogen-bond acceptors (Lipinski definition) is 4. The van der Waals surface area contributed by atoms with E-state index in [2.05, 4.69) is 0 Å². The smallest absolute Gasteiger partial charge is 0.218 e. The van der Waals surface area contributed by atoms with E-state index in [9.17, 15) is 8.42 Å². The van der Waals surface area contributed by atoms with Gasteiger partial charge >= 0.3 is 0 Å². The van der Waals surface area contributed by atoms with Gasteiger partial charge in [-0.05, 0) is 12.0 Å². The molecule has 0 spiro atoms. The van der Waals surface area contributed by atoms with Crippen LogP contribution in [-0.2, 0) is 15.8 Å². The van der Waals surface area contributed by atoms with Crippen molar-refractivity contribution in [1.29, 1.82) is 0 Å². The second kappa shape index (κ2) is 7.68. The Morgan fingerprint density at radius 1 is 1.40 bits per heavy atom. The molecule has 0 atom stereocenters. The van der Waals surface area contributed by atoms with Gasteiger partial charge in [0.25, 0.3) is 0 Å². The van der Waals surface area contributed by atoms with Gasteiger partial charge < -0.3 is 10.8 Å². The van der Waals surface area contributed by atoms with Gasteiger partial charge in [-0.2, -0.15) is 0 Å². The van der Waals surface area contributed by atoms with Gasteiger partial charge in [0.1, 0.15) is 4.99 Å². The van der Waals surface area contributed by atoms with Gasteiger partial charge in [-0.25, -0.2) is 12.7 Å². The Labute approximate surface area is 125 Å². The summed E-state index contributed by atoms with van der Waals surface area (Å²) in [5.74, 6) is -0.139. The highest BCUT2D eigenvalue weighted by atomic mass is 32.2. The molecule has 0 radical (unpaired) electrons. The van der Waals surface area contributed by atoms with E-state index in [1.807, 2.05) is 0 Å². The minimum atomic E-state index is -3.45. The second-order valence-corrected chi connectivity index (χ2v) is 6.76. The first kappa shape index (κ1) is 17.0. The summed E-state index contributed by atoms with van der Waals surface area (Å²) in [6.07, 6.45) is 0.421. The lowest BCUT2D eigenvalue weighted by Crippen LogP contribution is -2.33. The molecule has 0 heterocycles. The predicted molar refractivity (Wildman–Crippen MR) is 83.9 cm³/mol. The molecule has 0 aliphatic heterocycles. The number of hydrogen-bond donors (Lipinski definition) is 2. The molecule has 20 heavy (non-hydrogen) atoms. The van der Waals surface area contributed by atoms with Crippen molar-refractivity contribution in [2.45, 2.75) is 19.1 Å². The number of nitrogens with zero attached hydrogens (tertiary/aromatic N) is 1. The zero-order valence-electron chi connectivity index (χ0n) is 11.4. The molecule has 0 unspecified atom stereocenters. The number of aliphatic hydroxyl groups excluding tert-OH is 1. The van der Waals surface area contributed by atoms with Crippen LogP contribution < -0.4 is 5.73 Å². The Hall–Kier alpha value is -1.02. The van der Waals surface area contributed by atoms with Gasteiger partial charge in [0.05, 0.1) is 5.75 Å². The van der Waals surface area contributed by atoms with Crippen molar-refractivity contribution >= 4 is 27.2 Å². The maximum absolute atomic E-state index is 12.4. The molecule has 112 valence electrons. The summed E-state index contributed by atoms with van der Waals surface area (Å²) in [5, 5.41) is 8.83. The first-order valence-corrected chi connectivity index (χ1v) is 8.40. The lowest BCUT2D eigenvalue weighted by molar-refractivity contribution is 0.271. The van der Waals surface area contributed by atoms with Crippen molar-refractivity contribution in [1.82, 2.24) is 4.31 Å². The van der Waals surface area contributed by atoms with E-state index in [-0.39, 0.29) is 17.3 Å². The van der Waals surface area contributed by atoms with Crippen molar-refractivity contribution in [3.8, 4) is 0 Å². The zero-order valence-corrected chi connectivity index (χ0v) is 13.1. The average molecular weight is 316 g/mol. The van der Waals surface area contributed by atoms with Crippen LogP contribution in [0.5, 0.6) is 0 Å². The Bertz CT molecular complexity index is 558. The first-order chi connectivity index (χ1) is 9.42. The van der Waals surface area contributed by atoms with E-state index in [4.69, 9.17) is 23.1 Å². The summed E-state index contributed by atoms with van der Waals surface area (Å²) in [5.41, 5.74) is 6.80. The summed E-state index contributed by atoms with van der Waals surface area (Å²) < 4.78 is 26.1. The molecule has 5 nitrogen and oxygen atoms in total. The highest BCUT2D eigenvalue weighted by Crippen LogP contribution is 2.15. The molecule has 0 amide bonds. The van der Waals surface area contributed by atoms with Crippen LogP contribution in [0.15, 0.2) is 24.3 Å². The number of nitrogens with two attached hydrogens (primary N) is 1. The monoisotopic (exact) mass is 316 g/mol. The number of benzene rings is 1. The minimum absolute atomic E-state index is 0.0322. The van der Waals surface area contributed by atoms with Gasteiger partial charge in [0.2, 0.25) is 10.0 Å². The van der Waals surface area contributed by atoms with Crippen molar-refractivity contribution in [2.75, 3.05) is 19.7 Å². The normalized spacial score (nSPS) is 11.8. The Kier molecular flexibility index (Phi) is 6.54. The summed E-state index contributed by atoms with van der Waals surface area (Å²) in [6.45, 7) is 2.42. The standard InChI is InChI=1S/C13H20N2O3S2/c1-2-15(8-5-9-16)20(17,18)10-11-6-3-4-7-12(11)13(14)19/h3-4,6-7,16H,2,5,8-10H2,1H3,(H2,14,19). The number of rotatable bonds is 8. The highest BCUT2D eigenvalue weighted by molar-refractivity contribution is 7.88. The van der Waals surface area contributed by atoms with Crippen molar-refractivity contribution < 1.29 is 13.5 Å². The van der Waals surface area contributed by atoms with Crippen LogP contribution in [0.25, 0.3) is 0 Å². The molecule has 1 rings (SSSR count). The van der Waals surface area contributed by atoms with Crippen LogP contribution in [0.2, 0.25) is 0 Å². The molecule has 3 N–H and O–H groups in total. The fourth-order valence-electron chi connectivity index (χ4n) is 1.92. The number of thiocarbonyl (C=S) groups is 1. The fourth-order valence-corrected chi connectivity index (χ4v) is 3.74. The summed E-state index contributed by atoms with van der Waals surface area (Å²) in [7, 11) is -3.45. The second-order valence-electron chi connectivity index (χ2n) is 4.35. The third kappa shape index (κ3) is 4.52. The topological polar surface area (TPSA) is 83.6 Å². The maximum Gasteiger partial charge on any atom is 0.218 e. The van der Waals surface area contributed by atoms with Crippen LogP contribution >= 0.6 is 12.2 Å². The molecule has 1 aromatic rings. The molecule has 7 heteroatoms. The molecule has 0 saturated heterocycles. The van der Waals surface area contributed by atoms with E-state index in [0.29, 0.717) is 30.6 Å². The van der Waals surface area contributed by atoms with Crippen LogP contribution in [0.1, 0.15) is 24.5 Å². The molecular weight excluding hydrogens is 296 g/mol. The lowest BCUT2D eigenvalue weighted by Gasteiger charge is -2.20. The van der Waals surface area contributed by atoms with Gasteiger partial charge in [-0.1, -0.05) is 43.4 Å². The van der Waals surface area contributed by atoms with Crippen LogP contribution in [0.3, 0.4) is 0 Å². The van der Waals surface area contributed by atoms with Crippen LogP contribution in [0, 0.1) is 0 Å². The van der Waals surface area contributed by atoms with Crippen molar-refractivity contribution in [3.05, 3.63) is 35.4 Å². The van der Waals surface area contributed by atoms with E-state index in [0.717, 1.165) is 0 Å². The largest absolute Gasteiger partial charge is 0.396 e. The average Bonchev–Trinajstić information content (AvgIpc) is 2.39. The van der Waals surface area contributed by atoms with Crippen LogP contribution in [0.4, 0.5) is 0 Å². The summed E-state index contributed by atoms with van der Waals surface area (Å²) in [4.78, 5) is 0.189. The van der Waals surface area contributed by atoms with E-state index < -0.39 is 10.0 Å². The van der Waals surface area contributed by atoms with Crippen molar-refractivity contribution in [2.24, 2.45) is 5.73 Å². The Morgan fingerprint density at radius 2 is 2.05 bits per heavy atom. The quantitative estimate of drug-likeness (QED) is 0.695. The lowest BCUT2D eigenvalue weighted by atomic mass is 10.1. The van der Waals surface area contributed by atoms with E-state index in [1.165, 1.54) is 4.31 Å². The van der Waals surface area contributed by atoms with Gasteiger partial charge in [-0.15, -0.1) is 0 Å². The SMILES string of the molecule is CCN(CCCO)S(=O)(=O)Cc1ccccc1C(N)=S. The van der Waals surface area contributed by atoms with Gasteiger partial charge in [0, 0.05) is 25.3 Å². The molecule has 0 aliphatic carbocycles. The highest BCUT2D eigenvalue weighted by Gasteiger charge is 2.22. The number of sulfonamides is 1. The molecule has 0 bridgehead atoms. The van der Waals surface area contributed by atoms with Gasteiger partial charge in [0.15, 0.2) is 0 Å². The van der Waals surface area contributed by atoms with Crippen LogP contribution in [-0.4, -0.2) is 42.5 Å². The van der Waals surface area contributed by atoms with Crippen molar-refractivity contribution in [3.63, 3.8) is 0 Å². The van der Waals surface area contributed by atoms with E-state index in [1.54, 1.807) is 31.2 Å². The molecular formula is C13H20N2O3S2. The summed E-state index contributed by atoms with van der Waals surface area (Å²) in [6, 6.07) is 6.97. The summed E-state index contributed by atoms with van der Waals surface area (Å²) >= 11 is 4.94. The predicted octanol–water partition coefficient (Wildman–Crippen LogP) is 0.855. The van der Waals surface area contributed by atoms with Gasteiger partial charge in [-0.3, -0.25) is 0 Å². The Balaban J connectivity index is 2.98. The first-order valence-electron chi connectivity index (χ1n) is 6.38. The minimum Gasteiger partial charge on any atom is -0.396 e. The van der Waals surface area contributed by atoms with E-state index >= 15 is 0 Å². The maximum atomic E-state index is 12.4. The molecule has 0 saturated carbocycles. The molecule has 0 aliphatic rings. The molecule has 0 aromatic heterocycles. The third-order valence-electron chi connectivity index (χ3n) is 2.93. The molecule has 0 fully saturated rings. The fraction of sp³-hybridized carbons (Fsp3) is 0.462. The number of aliphatic hydroxyl groups is 1. The molecule has 1 aromatic carbocycles.